The van der Waals surface area contributed by atoms with Gasteiger partial charge in [-0.2, -0.15) is 9.97 Å². The van der Waals surface area contributed by atoms with Crippen LogP contribution in [0.3, 0.4) is 0 Å². The van der Waals surface area contributed by atoms with Crippen molar-refractivity contribution in [2.24, 2.45) is 0 Å². The highest BCUT2D eigenvalue weighted by atomic mass is 35.5. The molecule has 6 aromatic carbocycles. The van der Waals surface area contributed by atoms with Crippen LogP contribution in [0.25, 0.3) is 65.2 Å². The monoisotopic (exact) mass is 510 g/mol. The molecular weight excluding hydrogens is 499 g/mol. The van der Waals surface area contributed by atoms with Crippen molar-refractivity contribution in [3.05, 3.63) is 112 Å². The lowest BCUT2D eigenvalue weighted by Gasteiger charge is -2.03. The lowest BCUT2D eigenvalue weighted by atomic mass is 9.99. The third kappa shape index (κ3) is 2.57. The molecule has 0 atom stereocenters. The number of halogens is 2. The molecule has 8 heteroatoms. The average molecular weight is 511 g/mol. The first-order valence-corrected chi connectivity index (χ1v) is 11.8. The highest BCUT2D eigenvalue weighted by Gasteiger charge is 2.26. The van der Waals surface area contributed by atoms with Gasteiger partial charge in [-0.25, -0.2) is 0 Å². The first-order valence-electron chi connectivity index (χ1n) is 11.0. The summed E-state index contributed by atoms with van der Waals surface area (Å²) in [5.74, 6) is 0. The molecule has 1 heterocycles. The third-order valence-electron chi connectivity index (χ3n) is 6.84. The van der Waals surface area contributed by atoms with E-state index in [1.165, 1.54) is 0 Å². The summed E-state index contributed by atoms with van der Waals surface area (Å²) in [5, 5.41) is 2.23. The molecule has 6 nitrogen and oxygen atoms in total. The topological polar surface area (TPSA) is 96.6 Å². The van der Waals surface area contributed by atoms with Crippen LogP contribution in [0, 0.1) is 0 Å². The fraction of sp³-hybridized carbons (Fsp3) is 0. The number of hydrogen-bond acceptors (Lipinski definition) is 4. The average Bonchev–Trinajstić information content (AvgIpc) is 2.87. The summed E-state index contributed by atoms with van der Waals surface area (Å²) in [7, 11) is 0. The van der Waals surface area contributed by atoms with E-state index in [-0.39, 0.29) is 74.9 Å². The van der Waals surface area contributed by atoms with Crippen molar-refractivity contribution in [3.63, 3.8) is 0 Å². The minimum Gasteiger partial charge on any atom is -0.288 e. The number of benzene rings is 6. The smallest absolute Gasteiger partial charge is 0.288 e. The number of hydrogen-bond donors (Lipinski definition) is 0. The maximum absolute atomic E-state index is 13.5. The van der Waals surface area contributed by atoms with E-state index in [1.54, 1.807) is 60.7 Å². The molecule has 170 valence electrons. The Kier molecular flexibility index (Phi) is 4.17. The Hall–Kier alpha value is -4.26. The molecule has 0 saturated carbocycles. The number of aromatic amines is 2. The number of aromatic nitrogens is 2. The van der Waals surface area contributed by atoms with Crippen LogP contribution in [0.2, 0.25) is 10.0 Å². The van der Waals surface area contributed by atoms with Crippen LogP contribution in [0.5, 0.6) is 0 Å². The van der Waals surface area contributed by atoms with Gasteiger partial charge < -0.3 is 0 Å². The molecule has 0 spiro atoms. The summed E-state index contributed by atoms with van der Waals surface area (Å²) >= 11 is 12.5. The van der Waals surface area contributed by atoms with E-state index in [9.17, 15) is 19.2 Å². The minimum atomic E-state index is -0.333. The summed E-state index contributed by atoms with van der Waals surface area (Å²) in [6.07, 6.45) is 0. The Balaban J connectivity index is 1.71. The molecule has 0 fully saturated rings. The lowest BCUT2D eigenvalue weighted by Crippen LogP contribution is -2.24. The molecule has 0 aliphatic rings. The van der Waals surface area contributed by atoms with E-state index in [2.05, 4.69) is 9.97 Å². The van der Waals surface area contributed by atoms with Gasteiger partial charge in [0.15, 0.2) is 10.9 Å². The number of fused-ring (bicyclic) bond motifs is 8. The molecule has 7 aromatic rings. The largest absolute Gasteiger partial charge is 0.288 e. The number of nitrogens with one attached hydrogen (secondary N) is 2. The molecule has 36 heavy (non-hydrogen) atoms. The van der Waals surface area contributed by atoms with Gasteiger partial charge >= 0.3 is 0 Å². The fourth-order valence-electron chi connectivity index (χ4n) is 5.22. The molecule has 0 aliphatic carbocycles. The van der Waals surface area contributed by atoms with E-state index in [1.807, 2.05) is 0 Å². The van der Waals surface area contributed by atoms with Gasteiger partial charge in [-0.05, 0) is 24.3 Å². The van der Waals surface area contributed by atoms with Crippen molar-refractivity contribution in [3.8, 4) is 0 Å². The van der Waals surface area contributed by atoms with Crippen LogP contribution < -0.4 is 31.7 Å². The second-order valence-corrected chi connectivity index (χ2v) is 9.53. The zero-order chi connectivity index (χ0) is 24.9. The van der Waals surface area contributed by atoms with Gasteiger partial charge in [0.05, 0.1) is 20.8 Å². The van der Waals surface area contributed by atoms with Gasteiger partial charge in [-0.3, -0.25) is 19.2 Å². The van der Waals surface area contributed by atoms with Crippen molar-refractivity contribution in [1.29, 1.82) is 0 Å². The first kappa shape index (κ1) is 21.1. The summed E-state index contributed by atoms with van der Waals surface area (Å²) < 4.78 is 0. The summed E-state index contributed by atoms with van der Waals surface area (Å²) in [6, 6.07) is 16.0. The molecule has 1 aromatic heterocycles. The normalized spacial score (nSPS) is 12.1. The summed E-state index contributed by atoms with van der Waals surface area (Å²) in [4.78, 5) is 59.9. The predicted octanol–water partition coefficient (Wildman–Crippen LogP) is 3.86. The van der Waals surface area contributed by atoms with Gasteiger partial charge in [0.1, 0.15) is 10.8 Å². The van der Waals surface area contributed by atoms with Gasteiger partial charge in [0, 0.05) is 33.7 Å². The molecule has 0 saturated heterocycles. The number of rotatable bonds is 0. The Labute approximate surface area is 209 Å². The van der Waals surface area contributed by atoms with Crippen LogP contribution in [0.15, 0.2) is 79.8 Å². The van der Waals surface area contributed by atoms with E-state index in [0.29, 0.717) is 22.1 Å². The van der Waals surface area contributed by atoms with Crippen molar-refractivity contribution in [1.82, 2.24) is 0 Å². The number of H-pyrrole nitrogens is 2. The molecular formula is C28H12Cl2N2O4+2. The van der Waals surface area contributed by atoms with Crippen molar-refractivity contribution < 1.29 is 9.97 Å². The van der Waals surface area contributed by atoms with Gasteiger partial charge in [0.25, 0.3) is 22.1 Å². The maximum atomic E-state index is 13.5. The minimum absolute atomic E-state index is 0.191. The molecule has 0 aliphatic heterocycles. The zero-order valence-electron chi connectivity index (χ0n) is 18.2. The highest BCUT2D eigenvalue weighted by Crippen LogP contribution is 2.26. The molecule has 7 rings (SSSR count). The Morgan fingerprint density at radius 2 is 0.806 bits per heavy atom. The van der Waals surface area contributed by atoms with E-state index in [4.69, 9.17) is 23.2 Å². The van der Waals surface area contributed by atoms with E-state index >= 15 is 0 Å². The summed E-state index contributed by atoms with van der Waals surface area (Å²) in [6.45, 7) is 0. The van der Waals surface area contributed by atoms with Crippen molar-refractivity contribution >= 4 is 88.4 Å². The predicted molar refractivity (Wildman–Crippen MR) is 142 cm³/mol. The van der Waals surface area contributed by atoms with Crippen molar-refractivity contribution in [2.75, 3.05) is 0 Å². The molecule has 2 N–H and O–H groups in total. The Bertz CT molecular complexity index is 2210. The van der Waals surface area contributed by atoms with Crippen LogP contribution in [0.4, 0.5) is 0 Å². The van der Waals surface area contributed by atoms with Crippen LogP contribution >= 0.6 is 23.2 Å². The van der Waals surface area contributed by atoms with E-state index in [0.717, 1.165) is 0 Å². The quantitative estimate of drug-likeness (QED) is 0.228. The van der Waals surface area contributed by atoms with Crippen molar-refractivity contribution in [2.45, 2.75) is 0 Å². The van der Waals surface area contributed by atoms with Gasteiger partial charge in [-0.15, -0.1) is 0 Å². The first-order chi connectivity index (χ1) is 17.4. The van der Waals surface area contributed by atoms with Crippen LogP contribution in [-0.2, 0) is 0 Å². The van der Waals surface area contributed by atoms with Crippen LogP contribution in [-0.4, -0.2) is 0 Å². The van der Waals surface area contributed by atoms with Gasteiger partial charge in [-0.1, -0.05) is 47.5 Å². The SMILES string of the molecule is O=c1c2ccc3[nH+]c4c(ccc5c(=O)c6c(Cl)cccc6c(=O)c54)[nH+]c3c2c(=O)c2cccc(Cl)c12. The molecule has 0 radical (unpaired) electrons. The lowest BCUT2D eigenvalue weighted by molar-refractivity contribution is -0.359. The zero-order valence-corrected chi connectivity index (χ0v) is 19.7. The summed E-state index contributed by atoms with van der Waals surface area (Å²) in [5.41, 5.74) is 0.510. The van der Waals surface area contributed by atoms with Gasteiger partial charge in [0.2, 0.25) is 10.9 Å². The Morgan fingerprint density at radius 3 is 1.22 bits per heavy atom. The molecule has 0 amide bonds. The fourth-order valence-corrected chi connectivity index (χ4v) is 5.74. The second kappa shape index (κ2) is 7.13. The standard InChI is InChI=1S/C28H10Cl2N2O4/c29-15-5-1-3-11-19(15)25(33)13-7-9-17-23(21(13)27(11)35)31-18-10-8-14-22(24(18)32-17)28(36)12-4-2-6-16(30)20(12)26(14)34/h1-10H/p+2. The molecule has 0 bridgehead atoms. The second-order valence-electron chi connectivity index (χ2n) is 8.71. The molecule has 0 unspecified atom stereocenters. The van der Waals surface area contributed by atoms with Crippen LogP contribution in [0.1, 0.15) is 0 Å². The maximum Gasteiger partial charge on any atom is 0.288 e. The third-order valence-corrected chi connectivity index (χ3v) is 7.47. The highest BCUT2D eigenvalue weighted by molar-refractivity contribution is 6.36. The van der Waals surface area contributed by atoms with E-state index < -0.39 is 0 Å². The Morgan fingerprint density at radius 1 is 0.444 bits per heavy atom.